The molecule has 3 rings (SSSR count). The average Bonchev–Trinajstić information content (AvgIpc) is 2.84. The third-order valence-electron chi connectivity index (χ3n) is 5.36. The number of hydrogen-bond acceptors (Lipinski definition) is 2. The average molecular weight is 300 g/mol. The largest absolute Gasteiger partial charge is 0.324 e. The maximum Gasteiger partial charge on any atom is 0.238 e. The maximum atomic E-state index is 12.4. The van der Waals surface area contributed by atoms with Crippen molar-refractivity contribution >= 4 is 11.6 Å². The van der Waals surface area contributed by atoms with Crippen molar-refractivity contribution in [2.24, 2.45) is 11.8 Å². The molecule has 3 heteroatoms. The normalized spacial score (nSPS) is 25.0. The van der Waals surface area contributed by atoms with Gasteiger partial charge in [0.1, 0.15) is 0 Å². The molecule has 1 N–H and O–H groups in total. The Hall–Kier alpha value is -1.35. The first-order valence-electron chi connectivity index (χ1n) is 8.63. The minimum absolute atomic E-state index is 0.133. The topological polar surface area (TPSA) is 32.3 Å². The lowest BCUT2D eigenvalue weighted by atomic mass is 9.82. The summed E-state index contributed by atoms with van der Waals surface area (Å²) in [5.41, 5.74) is 4.55. The molecule has 0 aromatic heterocycles. The monoisotopic (exact) mass is 300 g/mol. The molecule has 120 valence electrons. The molecule has 2 atom stereocenters. The van der Waals surface area contributed by atoms with E-state index in [0.717, 1.165) is 41.7 Å². The predicted molar refractivity (Wildman–Crippen MR) is 91.2 cm³/mol. The van der Waals surface area contributed by atoms with E-state index in [0.29, 0.717) is 6.54 Å². The van der Waals surface area contributed by atoms with Crippen LogP contribution in [0.5, 0.6) is 0 Å². The van der Waals surface area contributed by atoms with Crippen molar-refractivity contribution in [3.8, 4) is 0 Å². The van der Waals surface area contributed by atoms with E-state index in [4.69, 9.17) is 0 Å². The van der Waals surface area contributed by atoms with Gasteiger partial charge < -0.3 is 5.32 Å². The van der Waals surface area contributed by atoms with Crippen LogP contribution in [0.15, 0.2) is 12.1 Å². The first-order chi connectivity index (χ1) is 10.5. The molecule has 22 heavy (non-hydrogen) atoms. The van der Waals surface area contributed by atoms with Gasteiger partial charge in [0.2, 0.25) is 5.91 Å². The van der Waals surface area contributed by atoms with Gasteiger partial charge in [-0.2, -0.15) is 0 Å². The highest BCUT2D eigenvalue weighted by atomic mass is 16.2. The number of rotatable bonds is 3. The third kappa shape index (κ3) is 3.35. The summed E-state index contributed by atoms with van der Waals surface area (Å²) < 4.78 is 0. The van der Waals surface area contributed by atoms with Crippen LogP contribution in [0.1, 0.15) is 42.4 Å². The summed E-state index contributed by atoms with van der Waals surface area (Å²) >= 11 is 0. The number of benzene rings is 1. The molecule has 3 nitrogen and oxygen atoms in total. The Morgan fingerprint density at radius 2 is 1.64 bits per heavy atom. The lowest BCUT2D eigenvalue weighted by molar-refractivity contribution is -0.117. The maximum absolute atomic E-state index is 12.4. The number of hydrogen-bond donors (Lipinski definition) is 1. The second-order valence-corrected chi connectivity index (χ2v) is 7.32. The van der Waals surface area contributed by atoms with E-state index in [9.17, 15) is 4.79 Å². The molecule has 1 aromatic rings. The van der Waals surface area contributed by atoms with Gasteiger partial charge in [0.15, 0.2) is 0 Å². The molecule has 2 unspecified atom stereocenters. The van der Waals surface area contributed by atoms with Crippen LogP contribution in [-0.4, -0.2) is 30.4 Å². The van der Waals surface area contributed by atoms with Crippen molar-refractivity contribution in [1.29, 1.82) is 0 Å². The van der Waals surface area contributed by atoms with Crippen molar-refractivity contribution < 1.29 is 4.79 Å². The molecule has 1 aliphatic heterocycles. The van der Waals surface area contributed by atoms with Crippen LogP contribution < -0.4 is 5.32 Å². The van der Waals surface area contributed by atoms with E-state index >= 15 is 0 Å². The van der Waals surface area contributed by atoms with Crippen molar-refractivity contribution in [2.45, 2.75) is 46.5 Å². The van der Waals surface area contributed by atoms with Crippen molar-refractivity contribution in [2.75, 3.05) is 25.0 Å². The molecule has 2 fully saturated rings. The Kier molecular flexibility index (Phi) is 4.53. The second-order valence-electron chi connectivity index (χ2n) is 7.32. The van der Waals surface area contributed by atoms with Gasteiger partial charge in [-0.15, -0.1) is 0 Å². The zero-order valence-electron chi connectivity index (χ0n) is 14.1. The van der Waals surface area contributed by atoms with E-state index in [1.807, 2.05) is 0 Å². The summed E-state index contributed by atoms with van der Waals surface area (Å²) in [7, 11) is 0. The molecule has 2 aliphatic rings. The third-order valence-corrected chi connectivity index (χ3v) is 5.36. The second kappa shape index (κ2) is 6.41. The highest BCUT2D eigenvalue weighted by Crippen LogP contribution is 2.35. The van der Waals surface area contributed by atoms with E-state index in [1.165, 1.54) is 31.2 Å². The first-order valence-corrected chi connectivity index (χ1v) is 8.63. The van der Waals surface area contributed by atoms with Crippen molar-refractivity contribution in [3.63, 3.8) is 0 Å². The minimum atomic E-state index is 0.133. The van der Waals surface area contributed by atoms with Gasteiger partial charge in [0, 0.05) is 18.8 Å². The molecule has 0 bridgehead atoms. The SMILES string of the molecule is Cc1cc(C)c(NC(=O)CN2CC3CCCCC3C2)c(C)c1. The van der Waals surface area contributed by atoms with Crippen LogP contribution in [0, 0.1) is 32.6 Å². The van der Waals surface area contributed by atoms with Gasteiger partial charge in [0.05, 0.1) is 6.54 Å². The van der Waals surface area contributed by atoms with Crippen LogP contribution in [0.3, 0.4) is 0 Å². The van der Waals surface area contributed by atoms with Crippen molar-refractivity contribution in [3.05, 3.63) is 28.8 Å². The Morgan fingerprint density at radius 1 is 1.09 bits per heavy atom. The van der Waals surface area contributed by atoms with Crippen molar-refractivity contribution in [1.82, 2.24) is 4.90 Å². The van der Waals surface area contributed by atoms with E-state index in [1.54, 1.807) is 0 Å². The van der Waals surface area contributed by atoms with Gasteiger partial charge in [-0.1, -0.05) is 30.5 Å². The van der Waals surface area contributed by atoms with E-state index in [2.05, 4.69) is 43.1 Å². The summed E-state index contributed by atoms with van der Waals surface area (Å²) in [4.78, 5) is 14.8. The molecule has 1 amide bonds. The molecular weight excluding hydrogens is 272 g/mol. The van der Waals surface area contributed by atoms with Crippen LogP contribution in [-0.2, 0) is 4.79 Å². The highest BCUT2D eigenvalue weighted by Gasteiger charge is 2.34. The smallest absolute Gasteiger partial charge is 0.238 e. The first kappa shape index (κ1) is 15.5. The molecule has 1 aliphatic carbocycles. The molecule has 1 heterocycles. The number of nitrogens with zero attached hydrogens (tertiary/aromatic N) is 1. The number of fused-ring (bicyclic) bond motifs is 1. The highest BCUT2D eigenvalue weighted by molar-refractivity contribution is 5.93. The summed E-state index contributed by atoms with van der Waals surface area (Å²) in [6.07, 6.45) is 5.48. The van der Waals surface area contributed by atoms with Gasteiger partial charge in [-0.05, 0) is 56.6 Å². The zero-order valence-corrected chi connectivity index (χ0v) is 14.1. The Labute approximate surface area is 134 Å². The molecule has 1 aromatic carbocycles. The minimum Gasteiger partial charge on any atom is -0.324 e. The molecular formula is C19H28N2O. The van der Waals surface area contributed by atoms with Gasteiger partial charge >= 0.3 is 0 Å². The number of carbonyl (C=O) groups is 1. The van der Waals surface area contributed by atoms with Gasteiger partial charge in [-0.3, -0.25) is 9.69 Å². The fraction of sp³-hybridized carbons (Fsp3) is 0.632. The number of nitrogens with one attached hydrogen (secondary N) is 1. The summed E-state index contributed by atoms with van der Waals surface area (Å²) in [5.74, 6) is 1.81. The van der Waals surface area contributed by atoms with Gasteiger partial charge in [-0.25, -0.2) is 0 Å². The van der Waals surface area contributed by atoms with E-state index < -0.39 is 0 Å². The van der Waals surface area contributed by atoms with Crippen LogP contribution in [0.4, 0.5) is 5.69 Å². The Morgan fingerprint density at radius 3 is 2.18 bits per heavy atom. The lowest BCUT2D eigenvalue weighted by Gasteiger charge is -2.23. The number of likely N-dealkylation sites (tertiary alicyclic amines) is 1. The quantitative estimate of drug-likeness (QED) is 0.923. The van der Waals surface area contributed by atoms with Crippen LogP contribution >= 0.6 is 0 Å². The number of amides is 1. The summed E-state index contributed by atoms with van der Waals surface area (Å²) in [6, 6.07) is 4.26. The fourth-order valence-corrected chi connectivity index (χ4v) is 4.39. The molecule has 0 spiro atoms. The number of anilines is 1. The van der Waals surface area contributed by atoms with E-state index in [-0.39, 0.29) is 5.91 Å². The summed E-state index contributed by atoms with van der Waals surface area (Å²) in [6.45, 7) is 9.01. The molecule has 1 saturated heterocycles. The molecule has 0 radical (unpaired) electrons. The zero-order chi connectivity index (χ0) is 15.7. The van der Waals surface area contributed by atoms with Crippen LogP contribution in [0.25, 0.3) is 0 Å². The summed E-state index contributed by atoms with van der Waals surface area (Å²) in [5, 5.41) is 3.13. The lowest BCUT2D eigenvalue weighted by Crippen LogP contribution is -2.32. The van der Waals surface area contributed by atoms with Crippen LogP contribution in [0.2, 0.25) is 0 Å². The predicted octanol–water partition coefficient (Wildman–Crippen LogP) is 3.67. The Bertz CT molecular complexity index is 530. The van der Waals surface area contributed by atoms with Gasteiger partial charge in [0.25, 0.3) is 0 Å². The fourth-order valence-electron chi connectivity index (χ4n) is 4.39. The Balaban J connectivity index is 1.59. The number of aryl methyl sites for hydroxylation is 3. The number of carbonyl (C=O) groups excluding carboxylic acids is 1. The molecule has 1 saturated carbocycles. The standard InChI is InChI=1S/C19H28N2O/c1-13-8-14(2)19(15(3)9-13)20-18(22)12-21-10-16-6-4-5-7-17(16)11-21/h8-9,16-17H,4-7,10-12H2,1-3H3,(H,20,22).